The van der Waals surface area contributed by atoms with Gasteiger partial charge in [-0.2, -0.15) is 0 Å². The molecule has 1 aliphatic rings. The highest BCUT2D eigenvalue weighted by Gasteiger charge is 2.26. The molecule has 2 unspecified atom stereocenters. The molecule has 0 radical (unpaired) electrons. The number of rotatable bonds is 6. The van der Waals surface area contributed by atoms with E-state index >= 15 is 0 Å². The van der Waals surface area contributed by atoms with Gasteiger partial charge in [0.2, 0.25) is 0 Å². The van der Waals surface area contributed by atoms with Crippen LogP contribution in [-0.2, 0) is 9.84 Å². The fraction of sp³-hybridized carbons (Fsp3) is 0.625. The van der Waals surface area contributed by atoms with Crippen LogP contribution in [0.2, 0.25) is 0 Å². The standard InChI is InChI=1S/C16H26N2O2S/c1-4-11-18(15-9-10-17-12-15)13(2)14-5-7-16(8-6-14)21(3,19)20/h5-8,13,15,17H,4,9-12H2,1-3H3. The van der Waals surface area contributed by atoms with Crippen molar-refractivity contribution >= 4 is 9.84 Å². The zero-order valence-electron chi connectivity index (χ0n) is 13.2. The van der Waals surface area contributed by atoms with Gasteiger partial charge in [-0.25, -0.2) is 8.42 Å². The van der Waals surface area contributed by atoms with Crippen molar-refractivity contribution in [1.82, 2.24) is 10.2 Å². The van der Waals surface area contributed by atoms with Gasteiger partial charge in [0.25, 0.3) is 0 Å². The third-order valence-electron chi connectivity index (χ3n) is 4.27. The maximum atomic E-state index is 11.5. The molecule has 0 amide bonds. The van der Waals surface area contributed by atoms with Gasteiger partial charge in [-0.15, -0.1) is 0 Å². The lowest BCUT2D eigenvalue weighted by molar-refractivity contribution is 0.153. The fourth-order valence-corrected chi connectivity index (χ4v) is 3.69. The maximum Gasteiger partial charge on any atom is 0.175 e. The second kappa shape index (κ2) is 6.90. The predicted molar refractivity (Wildman–Crippen MR) is 86.2 cm³/mol. The van der Waals surface area contributed by atoms with E-state index < -0.39 is 9.84 Å². The molecular formula is C16H26N2O2S. The topological polar surface area (TPSA) is 49.4 Å². The van der Waals surface area contributed by atoms with Crippen LogP contribution >= 0.6 is 0 Å². The third kappa shape index (κ3) is 4.05. The normalized spacial score (nSPS) is 20.9. The van der Waals surface area contributed by atoms with Gasteiger partial charge in [-0.3, -0.25) is 4.90 Å². The summed E-state index contributed by atoms with van der Waals surface area (Å²) in [4.78, 5) is 2.93. The second-order valence-electron chi connectivity index (χ2n) is 5.90. The maximum absolute atomic E-state index is 11.5. The van der Waals surface area contributed by atoms with Crippen LogP contribution in [0.5, 0.6) is 0 Å². The van der Waals surface area contributed by atoms with Crippen LogP contribution in [0.3, 0.4) is 0 Å². The van der Waals surface area contributed by atoms with Crippen LogP contribution in [0.25, 0.3) is 0 Å². The van der Waals surface area contributed by atoms with E-state index in [1.54, 1.807) is 12.1 Å². The van der Waals surface area contributed by atoms with Crippen LogP contribution in [0.1, 0.15) is 38.3 Å². The molecule has 0 spiro atoms. The van der Waals surface area contributed by atoms with Crippen molar-refractivity contribution in [2.24, 2.45) is 0 Å². The Hall–Kier alpha value is -0.910. The molecule has 2 rings (SSSR count). The summed E-state index contributed by atoms with van der Waals surface area (Å²) >= 11 is 0. The molecule has 4 nitrogen and oxygen atoms in total. The quantitative estimate of drug-likeness (QED) is 0.875. The summed E-state index contributed by atoms with van der Waals surface area (Å²) in [6.45, 7) is 7.62. The SMILES string of the molecule is CCCN(C1CCNC1)C(C)c1ccc(S(C)(=O)=O)cc1. The Bertz CT molecular complexity index is 548. The molecule has 1 saturated heterocycles. The molecule has 21 heavy (non-hydrogen) atoms. The van der Waals surface area contributed by atoms with Crippen molar-refractivity contribution in [2.75, 3.05) is 25.9 Å². The third-order valence-corrected chi connectivity index (χ3v) is 5.40. The van der Waals surface area contributed by atoms with E-state index in [1.807, 2.05) is 12.1 Å². The molecule has 2 atom stereocenters. The number of hydrogen-bond donors (Lipinski definition) is 1. The van der Waals surface area contributed by atoms with E-state index in [2.05, 4.69) is 24.1 Å². The van der Waals surface area contributed by atoms with E-state index in [9.17, 15) is 8.42 Å². The molecule has 1 aromatic carbocycles. The van der Waals surface area contributed by atoms with E-state index in [0.29, 0.717) is 17.0 Å². The Morgan fingerprint density at radius 3 is 2.48 bits per heavy atom. The molecule has 0 bridgehead atoms. The fourth-order valence-electron chi connectivity index (χ4n) is 3.06. The van der Waals surface area contributed by atoms with Crippen LogP contribution in [0.15, 0.2) is 29.2 Å². The van der Waals surface area contributed by atoms with Gasteiger partial charge in [0.1, 0.15) is 0 Å². The largest absolute Gasteiger partial charge is 0.315 e. The lowest BCUT2D eigenvalue weighted by Crippen LogP contribution is -2.39. The summed E-state index contributed by atoms with van der Waals surface area (Å²) in [7, 11) is -3.12. The first-order valence-electron chi connectivity index (χ1n) is 7.70. The number of nitrogens with zero attached hydrogens (tertiary/aromatic N) is 1. The average molecular weight is 310 g/mol. The van der Waals surface area contributed by atoms with Crippen molar-refractivity contribution in [1.29, 1.82) is 0 Å². The zero-order chi connectivity index (χ0) is 15.5. The summed E-state index contributed by atoms with van der Waals surface area (Å²) in [5.41, 5.74) is 1.18. The first kappa shape index (κ1) is 16.5. The Morgan fingerprint density at radius 1 is 1.33 bits per heavy atom. The number of sulfone groups is 1. The summed E-state index contributed by atoms with van der Waals surface area (Å²) in [5, 5.41) is 3.43. The molecule has 1 aromatic rings. The van der Waals surface area contributed by atoms with Crippen LogP contribution in [0.4, 0.5) is 0 Å². The smallest absolute Gasteiger partial charge is 0.175 e. The molecule has 0 aromatic heterocycles. The molecular weight excluding hydrogens is 284 g/mol. The van der Waals surface area contributed by atoms with Crippen molar-refractivity contribution in [3.63, 3.8) is 0 Å². The summed E-state index contributed by atoms with van der Waals surface area (Å²) < 4.78 is 23.1. The molecule has 1 aliphatic heterocycles. The number of hydrogen-bond acceptors (Lipinski definition) is 4. The van der Waals surface area contributed by atoms with Gasteiger partial charge in [0.05, 0.1) is 4.90 Å². The first-order chi connectivity index (χ1) is 9.93. The van der Waals surface area contributed by atoms with Crippen LogP contribution in [-0.4, -0.2) is 45.2 Å². The van der Waals surface area contributed by atoms with Gasteiger partial charge in [-0.05, 0) is 50.6 Å². The lowest BCUT2D eigenvalue weighted by Gasteiger charge is -2.34. The highest BCUT2D eigenvalue weighted by molar-refractivity contribution is 7.90. The molecule has 0 saturated carbocycles. The Labute approximate surface area is 128 Å². The number of nitrogens with one attached hydrogen (secondary N) is 1. The van der Waals surface area contributed by atoms with Crippen molar-refractivity contribution in [3.8, 4) is 0 Å². The van der Waals surface area contributed by atoms with Crippen molar-refractivity contribution < 1.29 is 8.42 Å². The van der Waals surface area contributed by atoms with E-state index in [1.165, 1.54) is 18.2 Å². The minimum atomic E-state index is -3.12. The zero-order valence-corrected chi connectivity index (χ0v) is 14.0. The lowest BCUT2D eigenvalue weighted by atomic mass is 10.0. The first-order valence-corrected chi connectivity index (χ1v) is 9.59. The molecule has 5 heteroatoms. The van der Waals surface area contributed by atoms with Crippen molar-refractivity contribution in [3.05, 3.63) is 29.8 Å². The molecule has 118 valence electrons. The molecule has 1 heterocycles. The minimum absolute atomic E-state index is 0.309. The second-order valence-corrected chi connectivity index (χ2v) is 7.92. The van der Waals surface area contributed by atoms with Gasteiger partial charge < -0.3 is 5.32 Å². The van der Waals surface area contributed by atoms with Gasteiger partial charge in [0, 0.05) is 24.9 Å². The monoisotopic (exact) mass is 310 g/mol. The Morgan fingerprint density at radius 2 is 2.00 bits per heavy atom. The Balaban J connectivity index is 2.17. The summed E-state index contributed by atoms with van der Waals surface area (Å²) in [5.74, 6) is 0. The van der Waals surface area contributed by atoms with Gasteiger partial charge in [-0.1, -0.05) is 19.1 Å². The highest BCUT2D eigenvalue weighted by Crippen LogP contribution is 2.26. The molecule has 0 aliphatic carbocycles. The summed E-state index contributed by atoms with van der Waals surface area (Å²) in [6, 6.07) is 8.23. The molecule has 1 fully saturated rings. The Kier molecular flexibility index (Phi) is 5.41. The van der Waals surface area contributed by atoms with Crippen molar-refractivity contribution in [2.45, 2.75) is 43.7 Å². The van der Waals surface area contributed by atoms with E-state index in [-0.39, 0.29) is 0 Å². The molecule has 1 N–H and O–H groups in total. The predicted octanol–water partition coefficient (Wildman–Crippen LogP) is 2.22. The minimum Gasteiger partial charge on any atom is -0.315 e. The van der Waals surface area contributed by atoms with Crippen LogP contribution < -0.4 is 5.32 Å². The van der Waals surface area contributed by atoms with E-state index in [4.69, 9.17) is 0 Å². The highest BCUT2D eigenvalue weighted by atomic mass is 32.2. The van der Waals surface area contributed by atoms with E-state index in [0.717, 1.165) is 26.1 Å². The average Bonchev–Trinajstić information content (AvgIpc) is 2.97. The van der Waals surface area contributed by atoms with Gasteiger partial charge in [0.15, 0.2) is 9.84 Å². The summed E-state index contributed by atoms with van der Waals surface area (Å²) in [6.07, 6.45) is 3.56. The van der Waals surface area contributed by atoms with Crippen LogP contribution in [0, 0.1) is 0 Å². The van der Waals surface area contributed by atoms with Gasteiger partial charge >= 0.3 is 0 Å². The number of benzene rings is 1.